The molecule has 0 saturated heterocycles. The van der Waals surface area contributed by atoms with E-state index in [4.69, 9.17) is 4.74 Å². The molecule has 12 heteroatoms. The summed E-state index contributed by atoms with van der Waals surface area (Å²) in [4.78, 5) is 35.0. The van der Waals surface area contributed by atoms with Gasteiger partial charge in [0.2, 0.25) is 0 Å². The zero-order valence-electron chi connectivity index (χ0n) is 25.4. The fourth-order valence-electron chi connectivity index (χ4n) is 5.65. The number of aromatic nitrogens is 4. The highest BCUT2D eigenvalue weighted by molar-refractivity contribution is 7.98. The molecule has 0 aliphatic heterocycles. The molecule has 1 aliphatic carbocycles. The second kappa shape index (κ2) is 13.6. The van der Waals surface area contributed by atoms with Gasteiger partial charge in [-0.3, -0.25) is 4.79 Å². The van der Waals surface area contributed by atoms with Crippen LogP contribution in [0.4, 0.5) is 17.6 Å². The van der Waals surface area contributed by atoms with Gasteiger partial charge < -0.3 is 13.9 Å². The number of alkyl halides is 3. The van der Waals surface area contributed by atoms with Crippen molar-refractivity contribution in [2.75, 3.05) is 6.61 Å². The zero-order chi connectivity index (χ0) is 33.1. The van der Waals surface area contributed by atoms with E-state index in [2.05, 4.69) is 9.97 Å². The van der Waals surface area contributed by atoms with E-state index >= 15 is 0 Å². The normalized spacial score (nSPS) is 12.7. The smallest absolute Gasteiger partial charge is 0.416 e. The van der Waals surface area contributed by atoms with Crippen LogP contribution in [0.15, 0.2) is 88.9 Å². The van der Waals surface area contributed by atoms with Crippen LogP contribution in [0, 0.1) is 5.82 Å². The fourth-order valence-corrected chi connectivity index (χ4v) is 6.62. The Morgan fingerprint density at radius 2 is 1.55 bits per heavy atom. The summed E-state index contributed by atoms with van der Waals surface area (Å²) in [5, 5.41) is 0.508. The number of carbonyl (C=O) groups excluding carboxylic acids is 1. The quantitative estimate of drug-likeness (QED) is 0.0675. The lowest BCUT2D eigenvalue weighted by Crippen LogP contribution is -2.24. The number of hydrogen-bond donors (Lipinski definition) is 0. The molecule has 242 valence electrons. The van der Waals surface area contributed by atoms with Crippen molar-refractivity contribution < 1.29 is 27.1 Å². The maximum absolute atomic E-state index is 13.5. The second-order valence-electron chi connectivity index (χ2n) is 11.1. The fraction of sp³-hybridized carbons (Fsp3) is 0.257. The van der Waals surface area contributed by atoms with Crippen molar-refractivity contribution in [1.29, 1.82) is 0 Å². The molecule has 5 aromatic rings. The first-order chi connectivity index (χ1) is 22.6. The molecule has 6 rings (SSSR count). The first kappa shape index (κ1) is 32.2. The molecule has 0 N–H and O–H groups in total. The molecule has 1 aliphatic rings. The predicted molar refractivity (Wildman–Crippen MR) is 170 cm³/mol. The number of benzene rings is 3. The molecule has 2 heterocycles. The first-order valence-electron chi connectivity index (χ1n) is 15.1. The Hall–Kier alpha value is -4.71. The van der Waals surface area contributed by atoms with Gasteiger partial charge in [-0.25, -0.2) is 14.2 Å². The van der Waals surface area contributed by atoms with Crippen molar-refractivity contribution in [2.45, 2.75) is 56.4 Å². The van der Waals surface area contributed by atoms with Gasteiger partial charge >= 0.3 is 12.1 Å². The molecule has 0 amide bonds. The number of ether oxygens (including phenoxy) is 1. The molecule has 3 aromatic carbocycles. The van der Waals surface area contributed by atoms with Crippen molar-refractivity contribution in [3.05, 3.63) is 135 Å². The minimum Gasteiger partial charge on any atom is -0.461 e. The summed E-state index contributed by atoms with van der Waals surface area (Å²) in [7, 11) is 0. The highest BCUT2D eigenvalue weighted by Gasteiger charge is 2.30. The maximum Gasteiger partial charge on any atom is 0.416 e. The van der Waals surface area contributed by atoms with E-state index in [0.29, 0.717) is 40.7 Å². The molecule has 2 aromatic heterocycles. The molecular weight excluding hydrogens is 632 g/mol. The molecule has 0 atom stereocenters. The van der Waals surface area contributed by atoms with Gasteiger partial charge in [0.1, 0.15) is 17.3 Å². The number of imidazole rings is 1. The Balaban J connectivity index is 1.31. The minimum atomic E-state index is -4.41. The topological polar surface area (TPSA) is 79.0 Å². The second-order valence-corrected chi connectivity index (χ2v) is 12.1. The standard InChI is InChI=1S/C35H30F4N4O3S/c1-2-46-33(45)30-18-40-31(42(30)19-22-6-10-24(11-7-22)25-12-14-26(15-13-25)35(37,38)39)20-43-29-5-3-4-28(29)32(44)41-34(43)47-21-23-8-16-27(36)17-9-23/h6-18H,2-5,19-21H2,1H3. The monoisotopic (exact) mass is 662 g/mol. The van der Waals surface area contributed by atoms with Crippen LogP contribution in [-0.4, -0.2) is 31.7 Å². The van der Waals surface area contributed by atoms with Crippen LogP contribution in [0.1, 0.15) is 57.6 Å². The summed E-state index contributed by atoms with van der Waals surface area (Å²) in [5.41, 5.74) is 3.97. The van der Waals surface area contributed by atoms with Crippen molar-refractivity contribution in [3.8, 4) is 11.1 Å². The van der Waals surface area contributed by atoms with Crippen LogP contribution < -0.4 is 5.56 Å². The average Bonchev–Trinajstić information content (AvgIpc) is 3.71. The molecule has 0 unspecified atom stereocenters. The van der Waals surface area contributed by atoms with Gasteiger partial charge in [0, 0.05) is 23.6 Å². The molecule has 0 bridgehead atoms. The highest BCUT2D eigenvalue weighted by Crippen LogP contribution is 2.31. The Morgan fingerprint density at radius 3 is 2.21 bits per heavy atom. The third kappa shape index (κ3) is 7.17. The van der Waals surface area contributed by atoms with E-state index in [1.807, 2.05) is 28.8 Å². The van der Waals surface area contributed by atoms with E-state index in [1.165, 1.54) is 42.2 Å². The SMILES string of the molecule is CCOC(=O)c1cnc(Cn2c(SCc3ccc(F)cc3)nc(=O)c3c2CCC3)n1Cc1ccc(-c2ccc(C(F)(F)F)cc2)cc1. The van der Waals surface area contributed by atoms with Gasteiger partial charge in [0.15, 0.2) is 5.16 Å². The summed E-state index contributed by atoms with van der Waals surface area (Å²) >= 11 is 1.38. The molecule has 0 spiro atoms. The number of thioether (sulfide) groups is 1. The molecule has 7 nitrogen and oxygen atoms in total. The molecular formula is C35H30F4N4O3S. The number of carbonyl (C=O) groups is 1. The van der Waals surface area contributed by atoms with E-state index in [9.17, 15) is 27.2 Å². The van der Waals surface area contributed by atoms with Gasteiger partial charge in [-0.05, 0) is 72.7 Å². The van der Waals surface area contributed by atoms with Crippen LogP contribution in [0.2, 0.25) is 0 Å². The van der Waals surface area contributed by atoms with Crippen molar-refractivity contribution in [3.63, 3.8) is 0 Å². The van der Waals surface area contributed by atoms with Crippen LogP contribution in [-0.2, 0) is 42.6 Å². The Bertz CT molecular complexity index is 1950. The minimum absolute atomic E-state index is 0.183. The first-order valence-corrected chi connectivity index (χ1v) is 16.1. The van der Waals surface area contributed by atoms with Crippen LogP contribution in [0.3, 0.4) is 0 Å². The summed E-state index contributed by atoms with van der Waals surface area (Å²) in [6.45, 7) is 2.41. The van der Waals surface area contributed by atoms with E-state index in [1.54, 1.807) is 23.6 Å². The van der Waals surface area contributed by atoms with E-state index in [0.717, 1.165) is 40.9 Å². The summed E-state index contributed by atoms with van der Waals surface area (Å²) < 4.78 is 61.6. The molecule has 47 heavy (non-hydrogen) atoms. The third-order valence-corrected chi connectivity index (χ3v) is 9.09. The van der Waals surface area contributed by atoms with Gasteiger partial charge in [0.05, 0.1) is 24.9 Å². The Kier molecular flexibility index (Phi) is 9.31. The number of hydrogen-bond acceptors (Lipinski definition) is 6. The lowest BCUT2D eigenvalue weighted by Gasteiger charge is -2.18. The summed E-state index contributed by atoms with van der Waals surface area (Å²) in [6.07, 6.45) is -0.765. The van der Waals surface area contributed by atoms with Crippen molar-refractivity contribution >= 4 is 17.7 Å². The molecule has 0 saturated carbocycles. The Morgan fingerprint density at radius 1 is 0.894 bits per heavy atom. The van der Waals surface area contributed by atoms with Gasteiger partial charge in [-0.1, -0.05) is 60.3 Å². The highest BCUT2D eigenvalue weighted by atomic mass is 32.2. The van der Waals surface area contributed by atoms with E-state index in [-0.39, 0.29) is 36.8 Å². The summed E-state index contributed by atoms with van der Waals surface area (Å²) in [6, 6.07) is 18.5. The summed E-state index contributed by atoms with van der Waals surface area (Å²) in [5.74, 6) is 0.175. The number of esters is 1. The van der Waals surface area contributed by atoms with Gasteiger partial charge in [0.25, 0.3) is 5.56 Å². The number of fused-ring (bicyclic) bond motifs is 1. The average molecular weight is 663 g/mol. The maximum atomic E-state index is 13.5. The predicted octanol–water partition coefficient (Wildman–Crippen LogP) is 7.32. The van der Waals surface area contributed by atoms with Gasteiger partial charge in [-0.15, -0.1) is 0 Å². The van der Waals surface area contributed by atoms with Crippen LogP contribution >= 0.6 is 11.8 Å². The zero-order valence-corrected chi connectivity index (χ0v) is 26.2. The van der Waals surface area contributed by atoms with Gasteiger partial charge in [-0.2, -0.15) is 18.2 Å². The van der Waals surface area contributed by atoms with Crippen molar-refractivity contribution in [2.24, 2.45) is 0 Å². The lowest BCUT2D eigenvalue weighted by molar-refractivity contribution is -0.137. The number of rotatable bonds is 10. The molecule has 0 fully saturated rings. The third-order valence-electron chi connectivity index (χ3n) is 8.04. The van der Waals surface area contributed by atoms with Crippen LogP contribution in [0.5, 0.6) is 0 Å². The largest absolute Gasteiger partial charge is 0.461 e. The Labute approximate surface area is 272 Å². The van der Waals surface area contributed by atoms with E-state index < -0.39 is 17.7 Å². The van der Waals surface area contributed by atoms with Crippen LogP contribution in [0.25, 0.3) is 11.1 Å². The lowest BCUT2D eigenvalue weighted by atomic mass is 10.0. The number of halogens is 4. The van der Waals surface area contributed by atoms with Crippen molar-refractivity contribution in [1.82, 2.24) is 19.1 Å². The number of nitrogens with zero attached hydrogens (tertiary/aromatic N) is 4. The molecule has 0 radical (unpaired) electrons.